The fourth-order valence-corrected chi connectivity index (χ4v) is 3.15. The van der Waals surface area contributed by atoms with E-state index in [2.05, 4.69) is 46.5 Å². The maximum atomic E-state index is 2.55. The van der Waals surface area contributed by atoms with Crippen LogP contribution in [0, 0.1) is 0 Å². The molecule has 0 atom stereocenters. The van der Waals surface area contributed by atoms with Crippen LogP contribution in [0.3, 0.4) is 0 Å². The molecular weight excluding hydrogens is 228 g/mol. The molecule has 0 amide bonds. The minimum atomic E-state index is 1.10. The van der Waals surface area contributed by atoms with Crippen molar-refractivity contribution in [1.29, 1.82) is 0 Å². The Morgan fingerprint density at radius 2 is 1.94 bits per heavy atom. The number of rotatable bonds is 2. The first-order valence-electron chi connectivity index (χ1n) is 6.18. The van der Waals surface area contributed by atoms with Crippen molar-refractivity contribution in [3.63, 3.8) is 0 Å². The molecule has 1 saturated heterocycles. The van der Waals surface area contributed by atoms with Crippen LogP contribution >= 0.6 is 11.3 Å². The molecule has 0 N–H and O–H groups in total. The summed E-state index contributed by atoms with van der Waals surface area (Å²) < 4.78 is 1.40. The predicted molar refractivity (Wildman–Crippen MR) is 74.6 cm³/mol. The first-order chi connectivity index (χ1) is 8.31. The SMILES string of the molecule is CN1CCN(Cc2ccc3sccc3c2)CC1. The van der Waals surface area contributed by atoms with Crippen LogP contribution in [0.5, 0.6) is 0 Å². The van der Waals surface area contributed by atoms with Crippen molar-refractivity contribution in [3.8, 4) is 0 Å². The molecule has 2 aromatic rings. The Kier molecular flexibility index (Phi) is 3.14. The highest BCUT2D eigenvalue weighted by Crippen LogP contribution is 2.22. The third-order valence-corrected chi connectivity index (χ3v) is 4.42. The van der Waals surface area contributed by atoms with Crippen LogP contribution in [0.15, 0.2) is 29.6 Å². The molecule has 1 fully saturated rings. The second-order valence-electron chi connectivity index (χ2n) is 4.87. The molecule has 90 valence electrons. The number of likely N-dealkylation sites (N-methyl/N-ethyl adjacent to an activating group) is 1. The summed E-state index contributed by atoms with van der Waals surface area (Å²) >= 11 is 1.82. The van der Waals surface area contributed by atoms with Crippen molar-refractivity contribution < 1.29 is 0 Å². The minimum absolute atomic E-state index is 1.10. The van der Waals surface area contributed by atoms with E-state index in [1.807, 2.05) is 11.3 Å². The number of benzene rings is 1. The van der Waals surface area contributed by atoms with Gasteiger partial charge in [0, 0.05) is 37.4 Å². The summed E-state index contributed by atoms with van der Waals surface area (Å²) in [5.41, 5.74) is 1.44. The average molecular weight is 246 g/mol. The van der Waals surface area contributed by atoms with Crippen LogP contribution < -0.4 is 0 Å². The Morgan fingerprint density at radius 3 is 2.76 bits per heavy atom. The highest BCUT2D eigenvalue weighted by atomic mass is 32.1. The lowest BCUT2D eigenvalue weighted by atomic mass is 10.1. The molecule has 0 aliphatic carbocycles. The van der Waals surface area contributed by atoms with E-state index in [1.165, 1.54) is 41.8 Å². The van der Waals surface area contributed by atoms with Crippen molar-refractivity contribution in [2.45, 2.75) is 6.54 Å². The number of piperazine rings is 1. The smallest absolute Gasteiger partial charge is 0.0342 e. The van der Waals surface area contributed by atoms with Gasteiger partial charge in [0.1, 0.15) is 0 Å². The van der Waals surface area contributed by atoms with Gasteiger partial charge in [-0.2, -0.15) is 0 Å². The fraction of sp³-hybridized carbons (Fsp3) is 0.429. The maximum absolute atomic E-state index is 2.55. The van der Waals surface area contributed by atoms with Gasteiger partial charge in [-0.15, -0.1) is 11.3 Å². The van der Waals surface area contributed by atoms with Gasteiger partial charge in [-0.3, -0.25) is 4.90 Å². The van der Waals surface area contributed by atoms with Gasteiger partial charge in [0.25, 0.3) is 0 Å². The summed E-state index contributed by atoms with van der Waals surface area (Å²) in [6.45, 7) is 5.87. The van der Waals surface area contributed by atoms with Crippen molar-refractivity contribution in [2.75, 3.05) is 33.2 Å². The van der Waals surface area contributed by atoms with E-state index in [-0.39, 0.29) is 0 Å². The summed E-state index contributed by atoms with van der Waals surface area (Å²) in [5.74, 6) is 0. The minimum Gasteiger partial charge on any atom is -0.304 e. The number of hydrogen-bond donors (Lipinski definition) is 0. The quantitative estimate of drug-likeness (QED) is 0.804. The lowest BCUT2D eigenvalue weighted by Gasteiger charge is -2.32. The maximum Gasteiger partial charge on any atom is 0.0342 e. The second-order valence-corrected chi connectivity index (χ2v) is 5.82. The normalized spacial score (nSPS) is 18.9. The average Bonchev–Trinajstić information content (AvgIpc) is 2.79. The molecule has 1 aromatic heterocycles. The van der Waals surface area contributed by atoms with Gasteiger partial charge in [-0.25, -0.2) is 0 Å². The molecule has 1 aliphatic heterocycles. The van der Waals surface area contributed by atoms with Crippen LogP contribution in [-0.4, -0.2) is 43.0 Å². The van der Waals surface area contributed by atoms with Crippen molar-refractivity contribution in [3.05, 3.63) is 35.2 Å². The van der Waals surface area contributed by atoms with Gasteiger partial charge in [0.2, 0.25) is 0 Å². The van der Waals surface area contributed by atoms with Gasteiger partial charge < -0.3 is 4.90 Å². The molecule has 2 heterocycles. The second kappa shape index (κ2) is 4.77. The lowest BCUT2D eigenvalue weighted by Crippen LogP contribution is -2.43. The number of thiophene rings is 1. The Morgan fingerprint density at radius 1 is 1.12 bits per heavy atom. The largest absolute Gasteiger partial charge is 0.304 e. The monoisotopic (exact) mass is 246 g/mol. The molecule has 0 bridgehead atoms. The molecular formula is C14H18N2S. The third-order valence-electron chi connectivity index (χ3n) is 3.52. The Hall–Kier alpha value is -0.900. The van der Waals surface area contributed by atoms with Gasteiger partial charge >= 0.3 is 0 Å². The fourth-order valence-electron chi connectivity index (χ4n) is 2.38. The zero-order chi connectivity index (χ0) is 11.7. The van der Waals surface area contributed by atoms with Crippen molar-refractivity contribution in [1.82, 2.24) is 9.80 Å². The van der Waals surface area contributed by atoms with Crippen LogP contribution in [0.25, 0.3) is 10.1 Å². The first-order valence-corrected chi connectivity index (χ1v) is 7.06. The highest BCUT2D eigenvalue weighted by molar-refractivity contribution is 7.17. The van der Waals surface area contributed by atoms with E-state index in [1.54, 1.807) is 0 Å². The van der Waals surface area contributed by atoms with Gasteiger partial charge in [0.05, 0.1) is 0 Å². The summed E-state index contributed by atoms with van der Waals surface area (Å²) in [4.78, 5) is 4.95. The summed E-state index contributed by atoms with van der Waals surface area (Å²) in [6.07, 6.45) is 0. The predicted octanol–water partition coefficient (Wildman–Crippen LogP) is 2.65. The molecule has 0 saturated carbocycles. The van der Waals surface area contributed by atoms with E-state index in [0.29, 0.717) is 0 Å². The van der Waals surface area contributed by atoms with Crippen LogP contribution in [-0.2, 0) is 6.54 Å². The lowest BCUT2D eigenvalue weighted by molar-refractivity contribution is 0.148. The van der Waals surface area contributed by atoms with Crippen LogP contribution in [0.1, 0.15) is 5.56 Å². The summed E-state index contributed by atoms with van der Waals surface area (Å²) in [6, 6.07) is 9.08. The first kappa shape index (κ1) is 11.2. The van der Waals surface area contributed by atoms with Crippen LogP contribution in [0.4, 0.5) is 0 Å². The van der Waals surface area contributed by atoms with Crippen molar-refractivity contribution in [2.24, 2.45) is 0 Å². The molecule has 0 radical (unpaired) electrons. The molecule has 0 spiro atoms. The summed E-state index contributed by atoms with van der Waals surface area (Å²) in [7, 11) is 2.20. The van der Waals surface area contributed by atoms with E-state index in [4.69, 9.17) is 0 Å². The molecule has 2 nitrogen and oxygen atoms in total. The van der Waals surface area contributed by atoms with E-state index in [0.717, 1.165) is 6.54 Å². The number of fused-ring (bicyclic) bond motifs is 1. The third kappa shape index (κ3) is 2.51. The topological polar surface area (TPSA) is 6.48 Å². The van der Waals surface area contributed by atoms with E-state index in [9.17, 15) is 0 Å². The zero-order valence-corrected chi connectivity index (χ0v) is 11.0. The highest BCUT2D eigenvalue weighted by Gasteiger charge is 2.13. The van der Waals surface area contributed by atoms with E-state index < -0.39 is 0 Å². The van der Waals surface area contributed by atoms with Gasteiger partial charge in [0.15, 0.2) is 0 Å². The Balaban J connectivity index is 1.71. The van der Waals surface area contributed by atoms with Gasteiger partial charge in [-0.1, -0.05) is 6.07 Å². The molecule has 3 rings (SSSR count). The molecule has 17 heavy (non-hydrogen) atoms. The standard InChI is InChI=1S/C14H18N2S/c1-15-5-7-16(8-6-15)11-12-2-3-14-13(10-12)4-9-17-14/h2-4,9-10H,5-8,11H2,1H3. The van der Waals surface area contributed by atoms with Gasteiger partial charge in [-0.05, 0) is 41.6 Å². The summed E-state index contributed by atoms with van der Waals surface area (Å²) in [5, 5.41) is 3.56. The van der Waals surface area contributed by atoms with Crippen LogP contribution in [0.2, 0.25) is 0 Å². The number of nitrogens with zero attached hydrogens (tertiary/aromatic N) is 2. The Labute approximate surface area is 106 Å². The zero-order valence-electron chi connectivity index (χ0n) is 10.2. The van der Waals surface area contributed by atoms with E-state index >= 15 is 0 Å². The van der Waals surface area contributed by atoms with Crippen molar-refractivity contribution >= 4 is 21.4 Å². The molecule has 1 aliphatic rings. The number of hydrogen-bond acceptors (Lipinski definition) is 3. The molecule has 0 unspecified atom stereocenters. The Bertz CT molecular complexity index is 498. The molecule has 3 heteroatoms. The molecule has 1 aromatic carbocycles.